The number of benzene rings is 1. The third kappa shape index (κ3) is 14.9. The predicted molar refractivity (Wildman–Crippen MR) is 354 cm³/mol. The minimum Gasteiger partial charge on any atom is -0.481 e. The zero-order valence-electron chi connectivity index (χ0n) is 51.0. The van der Waals surface area contributed by atoms with Crippen molar-refractivity contribution in [2.45, 2.75) is 96.6 Å². The number of thiazole rings is 6. The summed E-state index contributed by atoms with van der Waals surface area (Å²) < 4.78 is 5.48. The number of pyridine rings is 2. The van der Waals surface area contributed by atoms with Gasteiger partial charge in [0, 0.05) is 70.6 Å². The quantitative estimate of drug-likeness (QED) is 0.0532. The monoisotopic (exact) mass is 1380 g/mol. The van der Waals surface area contributed by atoms with Gasteiger partial charge in [-0.15, -0.1) is 68.0 Å². The number of aromatic carboxylic acids is 1. The number of ether oxygens (including phenoxy) is 1. The molecular formula is C63H61N13O12S6. The lowest BCUT2D eigenvalue weighted by molar-refractivity contribution is -0.144. The predicted octanol–water partition coefficient (Wildman–Crippen LogP) is 9.71. The number of carboxylic acid groups (broad SMARTS) is 2. The molecule has 7 N–H and O–H groups in total. The van der Waals surface area contributed by atoms with Crippen molar-refractivity contribution in [3.05, 3.63) is 141 Å². The minimum absolute atomic E-state index is 0.00135. The van der Waals surface area contributed by atoms with Gasteiger partial charge in [0.1, 0.15) is 82.9 Å². The number of aromatic nitrogens is 8. The number of aliphatic hydroxyl groups is 1. The molecule has 1 unspecified atom stereocenters. The second kappa shape index (κ2) is 29.2. The van der Waals surface area contributed by atoms with E-state index in [9.17, 15) is 53.7 Å². The van der Waals surface area contributed by atoms with Crippen LogP contribution < -0.4 is 26.2 Å². The highest BCUT2D eigenvalue weighted by Gasteiger charge is 2.36. The molecule has 11 rings (SSSR count). The Morgan fingerprint density at radius 1 is 0.713 bits per heavy atom. The molecule has 0 radical (unpaired) electrons. The van der Waals surface area contributed by atoms with Crippen LogP contribution in [-0.2, 0) is 37.1 Å². The van der Waals surface area contributed by atoms with Crippen molar-refractivity contribution in [1.82, 2.24) is 61.1 Å². The van der Waals surface area contributed by atoms with E-state index >= 15 is 0 Å². The molecule has 1 saturated carbocycles. The molecule has 5 amide bonds. The number of carbonyl (C=O) groups is 8. The number of nitrogens with zero attached hydrogens (tertiary/aromatic N) is 9. The highest BCUT2D eigenvalue weighted by atomic mass is 32.1. The van der Waals surface area contributed by atoms with Gasteiger partial charge in [-0.1, -0.05) is 50.2 Å². The van der Waals surface area contributed by atoms with Crippen LogP contribution >= 0.6 is 68.0 Å². The van der Waals surface area contributed by atoms with Crippen LogP contribution in [0.1, 0.15) is 154 Å². The molecule has 31 heteroatoms. The molecule has 4 atom stereocenters. The molecule has 0 saturated heterocycles. The number of rotatable bonds is 14. The lowest BCUT2D eigenvalue weighted by atomic mass is 9.81. The Morgan fingerprint density at radius 2 is 1.41 bits per heavy atom. The Morgan fingerprint density at radius 3 is 2.13 bits per heavy atom. The lowest BCUT2D eigenvalue weighted by Crippen LogP contribution is -2.40. The molecule has 8 aromatic heterocycles. The van der Waals surface area contributed by atoms with Crippen LogP contribution in [0.25, 0.3) is 43.4 Å². The highest BCUT2D eigenvalue weighted by Crippen LogP contribution is 2.42. The molecule has 25 nitrogen and oxygen atoms in total. The summed E-state index contributed by atoms with van der Waals surface area (Å²) in [6.45, 7) is 5.07. The number of hydrogen-bond donors (Lipinski definition) is 7. The number of aliphatic carboxylic acids is 1. The van der Waals surface area contributed by atoms with Crippen molar-refractivity contribution >= 4 is 121 Å². The second-order valence-corrected chi connectivity index (χ2v) is 28.4. The van der Waals surface area contributed by atoms with Gasteiger partial charge < -0.3 is 41.3 Å². The number of aryl methyl sites for hydroxylation is 1. The van der Waals surface area contributed by atoms with E-state index in [4.69, 9.17) is 39.6 Å². The first-order chi connectivity index (χ1) is 45.2. The van der Waals surface area contributed by atoms with Gasteiger partial charge in [0.25, 0.3) is 11.8 Å². The fourth-order valence-electron chi connectivity index (χ4n) is 10.9. The third-order valence-corrected chi connectivity index (χ3v) is 21.7. The van der Waals surface area contributed by atoms with E-state index in [1.54, 1.807) is 77.0 Å². The molecule has 9 heterocycles. The summed E-state index contributed by atoms with van der Waals surface area (Å²) in [4.78, 5) is 149. The molecule has 1 aromatic carbocycles. The van der Waals surface area contributed by atoms with Crippen molar-refractivity contribution in [1.29, 1.82) is 0 Å². The third-order valence-electron chi connectivity index (χ3n) is 15.9. The van der Waals surface area contributed by atoms with Gasteiger partial charge >= 0.3 is 11.9 Å². The van der Waals surface area contributed by atoms with Crippen LogP contribution in [0.2, 0.25) is 0 Å². The molecule has 1 aliphatic heterocycles. The zero-order valence-corrected chi connectivity index (χ0v) is 55.9. The SMILES string of the molecule is CNC(=O)C[C@@H]1NC(=O)c2csc(n2)-c2ccc(-c3nc(N(Cc4ccc(C(=O)O)nc4)C(=O)C4CCC(C(=O)O)CC4)cs3)nc2-c2csc(n2)-c2csc(n2)[C@H]([C@@H](O)c2ccccc2)NC(=O)CNC(=O)c2nc(sc2COC)C(C(C)C)CC(=O)c2nc1sc2C. The van der Waals surface area contributed by atoms with Crippen molar-refractivity contribution < 1.29 is 58.4 Å². The largest absolute Gasteiger partial charge is 0.481 e. The number of hydrogen-bond acceptors (Lipinski definition) is 24. The molecule has 10 bridgehead atoms. The number of carboxylic acids is 2. The summed E-state index contributed by atoms with van der Waals surface area (Å²) in [6, 6.07) is 13.0. The van der Waals surface area contributed by atoms with Crippen molar-refractivity contribution in [2.24, 2.45) is 17.8 Å². The maximum absolute atomic E-state index is 14.6. The smallest absolute Gasteiger partial charge is 0.354 e. The molecule has 94 heavy (non-hydrogen) atoms. The Labute approximate surface area is 561 Å². The molecule has 2 aliphatic rings. The van der Waals surface area contributed by atoms with Crippen molar-refractivity contribution in [3.63, 3.8) is 0 Å². The number of carbonyl (C=O) groups excluding carboxylic acids is 6. The molecule has 0 spiro atoms. The van der Waals surface area contributed by atoms with E-state index in [0.29, 0.717) is 105 Å². The van der Waals surface area contributed by atoms with Crippen molar-refractivity contribution in [2.75, 3.05) is 25.6 Å². The second-order valence-electron chi connectivity index (χ2n) is 22.6. The first-order valence-electron chi connectivity index (χ1n) is 29.6. The molecule has 1 aliphatic carbocycles. The molecule has 1 fully saturated rings. The van der Waals surface area contributed by atoms with Crippen molar-refractivity contribution in [3.8, 4) is 43.4 Å². The Hall–Kier alpha value is -8.82. The van der Waals surface area contributed by atoms with Crippen LogP contribution in [0.5, 0.6) is 0 Å². The van der Waals surface area contributed by atoms with Gasteiger partial charge in [0.2, 0.25) is 17.7 Å². The number of methoxy groups -OCH3 is 1. The van der Waals surface area contributed by atoms with Gasteiger partial charge in [-0.2, -0.15) is 0 Å². The number of fused-ring (bicyclic) bond motifs is 14. The summed E-state index contributed by atoms with van der Waals surface area (Å²) in [6.07, 6.45) is 1.12. The van der Waals surface area contributed by atoms with E-state index in [2.05, 4.69) is 26.3 Å². The van der Waals surface area contributed by atoms with Gasteiger partial charge in [-0.3, -0.25) is 38.5 Å². The van der Waals surface area contributed by atoms with Crippen LogP contribution in [-0.4, -0.2) is 123 Å². The fraction of sp³-hybridized carbons (Fsp3) is 0.333. The van der Waals surface area contributed by atoms with Gasteiger partial charge in [0.15, 0.2) is 5.78 Å². The Kier molecular flexibility index (Phi) is 20.7. The van der Waals surface area contributed by atoms with Gasteiger partial charge in [-0.05, 0) is 67.9 Å². The summed E-state index contributed by atoms with van der Waals surface area (Å²) in [5.74, 6) is -6.55. The standard InChI is InChI=1S/C63H61N13O12S6/c1-29(2)36-19-43(77)48-30(3)93-59(74-48)39(20-46(78)64-4)68-53(81)41-26-89-55(70-41)35-16-18-37(57-72-45(28-92-57)76(23-31-11-17-38(63(86)87)65-21-31)61(83)33-12-14-34(15-13-33)62(84)85)67-49(35)40-25-90-58(69-40)42-27-91-60(71-42)51(52(80)32-9-7-6-8-10-32)73-47(79)22-66-54(82)50-44(24-88-5)94-56(36)75-50/h6-11,16-18,21,25-29,33-34,36,39,51-52,80H,12-15,19-20,22-24H2,1-5H3,(H,64,78)(H,66,82)(H,68,81)(H,73,79)(H,84,85)(H,86,87)/t33?,34?,36?,39-,51-,52-/m0/s1. The normalized spacial score (nSPS) is 18.4. The topological polar surface area (TPSA) is 361 Å². The van der Waals surface area contributed by atoms with Gasteiger partial charge in [-0.25, -0.2) is 44.7 Å². The van der Waals surface area contributed by atoms with E-state index in [-0.39, 0.29) is 72.2 Å². The number of amides is 5. The van der Waals surface area contributed by atoms with E-state index in [0.717, 1.165) is 22.7 Å². The first kappa shape index (κ1) is 66.6. The van der Waals surface area contributed by atoms with E-state index < -0.39 is 78.1 Å². The summed E-state index contributed by atoms with van der Waals surface area (Å²) in [5.41, 5.74) is 2.90. The summed E-state index contributed by atoms with van der Waals surface area (Å²) >= 11 is 7.15. The zero-order chi connectivity index (χ0) is 66.5. The van der Waals surface area contributed by atoms with Crippen LogP contribution in [0.3, 0.4) is 0 Å². The summed E-state index contributed by atoms with van der Waals surface area (Å²) in [5, 5.41) is 51.5. The molecule has 486 valence electrons. The van der Waals surface area contributed by atoms with Crippen LogP contribution in [0, 0.1) is 24.7 Å². The molecular weight excluding hydrogens is 1320 g/mol. The Balaban J connectivity index is 0.988. The van der Waals surface area contributed by atoms with Gasteiger partial charge in [0.05, 0.1) is 53.7 Å². The number of anilines is 1. The number of ketones is 1. The maximum atomic E-state index is 14.6. The van der Waals surface area contributed by atoms with Crippen LogP contribution in [0.4, 0.5) is 5.82 Å². The lowest BCUT2D eigenvalue weighted by Gasteiger charge is -2.30. The number of aliphatic hydroxyl groups excluding tert-OH is 1. The number of nitrogens with one attached hydrogen (secondary N) is 4. The maximum Gasteiger partial charge on any atom is 0.354 e. The fourth-order valence-corrected chi connectivity index (χ4v) is 16.5. The summed E-state index contributed by atoms with van der Waals surface area (Å²) in [7, 11) is 2.95. The van der Waals surface area contributed by atoms with Crippen LogP contribution in [0.15, 0.2) is 82.3 Å². The van der Waals surface area contributed by atoms with E-state index in [1.807, 2.05) is 13.8 Å². The minimum atomic E-state index is -1.31. The van der Waals surface area contributed by atoms with E-state index in [1.165, 1.54) is 76.7 Å². The molecule has 9 aromatic rings. The first-order valence-corrected chi connectivity index (χ1v) is 34.8. The Bertz CT molecular complexity index is 4320. The average Bonchev–Trinajstić information content (AvgIpc) is 1.60. The average molecular weight is 1380 g/mol. The number of Topliss-reactive ketones (excluding diaryl/α,β-unsaturated/α-hetero) is 1. The highest BCUT2D eigenvalue weighted by molar-refractivity contribution is 7.15.